The lowest BCUT2D eigenvalue weighted by Crippen LogP contribution is -2.29. The number of alkyl halides is 3. The molecule has 1 aliphatic carbocycles. The number of rotatable bonds is 3. The Morgan fingerprint density at radius 2 is 1.95 bits per heavy atom. The van der Waals surface area contributed by atoms with Gasteiger partial charge in [0.25, 0.3) is 0 Å². The predicted octanol–water partition coefficient (Wildman–Crippen LogP) is 2.61. The van der Waals surface area contributed by atoms with Crippen LogP contribution in [-0.2, 0) is 11.0 Å². The number of carboxylic acids is 1. The van der Waals surface area contributed by atoms with E-state index >= 15 is 0 Å². The number of nitrogens with one attached hydrogen (secondary N) is 1. The van der Waals surface area contributed by atoms with Gasteiger partial charge in [0.15, 0.2) is 0 Å². The van der Waals surface area contributed by atoms with E-state index < -0.39 is 18.0 Å². The van der Waals surface area contributed by atoms with Crippen LogP contribution in [0.2, 0.25) is 0 Å². The molecule has 1 aliphatic rings. The molecule has 106 valence electrons. The topological polar surface area (TPSA) is 75.1 Å². The summed E-state index contributed by atoms with van der Waals surface area (Å²) in [6.45, 7) is 0. The van der Waals surface area contributed by atoms with Crippen molar-refractivity contribution < 1.29 is 23.1 Å². The van der Waals surface area contributed by atoms with E-state index in [0.717, 1.165) is 0 Å². The third-order valence-corrected chi connectivity index (χ3v) is 3.73. The molecule has 0 atom stereocenters. The molecule has 5 nitrogen and oxygen atoms in total. The minimum absolute atomic E-state index is 0.0374. The standard InChI is InChI=1S/C10H12F3N3O2S/c11-10(12,13)8-15-9(19-16-8)14-6-3-1-5(2-4-6)7(17)18/h5-6H,1-4H2,(H,17,18)(H,14,15,16). The number of nitrogens with zero attached hydrogens (tertiary/aromatic N) is 2. The van der Waals surface area contributed by atoms with E-state index in [1.165, 1.54) is 0 Å². The molecule has 0 spiro atoms. The van der Waals surface area contributed by atoms with Crippen molar-refractivity contribution in [2.45, 2.75) is 37.9 Å². The normalized spacial score (nSPS) is 24.2. The summed E-state index contributed by atoms with van der Waals surface area (Å²) in [5.74, 6) is -2.30. The van der Waals surface area contributed by atoms with Crippen molar-refractivity contribution >= 4 is 22.6 Å². The Morgan fingerprint density at radius 3 is 2.42 bits per heavy atom. The molecule has 0 aromatic carbocycles. The van der Waals surface area contributed by atoms with Gasteiger partial charge in [-0.15, -0.1) is 0 Å². The second-order valence-corrected chi connectivity index (χ2v) is 5.20. The molecule has 2 rings (SSSR count). The van der Waals surface area contributed by atoms with Crippen molar-refractivity contribution in [2.75, 3.05) is 5.32 Å². The van der Waals surface area contributed by atoms with Crippen LogP contribution in [0.5, 0.6) is 0 Å². The maximum atomic E-state index is 12.3. The summed E-state index contributed by atoms with van der Waals surface area (Å²) < 4.78 is 40.2. The fourth-order valence-electron chi connectivity index (χ4n) is 2.06. The van der Waals surface area contributed by atoms with Crippen LogP contribution in [0.15, 0.2) is 0 Å². The fourth-order valence-corrected chi connectivity index (χ4v) is 2.72. The van der Waals surface area contributed by atoms with Crippen LogP contribution in [0.3, 0.4) is 0 Å². The van der Waals surface area contributed by atoms with Crippen molar-refractivity contribution in [3.05, 3.63) is 5.82 Å². The van der Waals surface area contributed by atoms with Crippen molar-refractivity contribution in [1.29, 1.82) is 0 Å². The summed E-state index contributed by atoms with van der Waals surface area (Å²) in [4.78, 5) is 14.2. The van der Waals surface area contributed by atoms with Gasteiger partial charge in [0.05, 0.1) is 5.92 Å². The molecule has 0 aliphatic heterocycles. The summed E-state index contributed by atoms with van der Waals surface area (Å²) in [6, 6.07) is -0.0374. The van der Waals surface area contributed by atoms with Crippen LogP contribution in [0.25, 0.3) is 0 Å². The average Bonchev–Trinajstić information content (AvgIpc) is 2.78. The molecule has 0 unspecified atom stereocenters. The van der Waals surface area contributed by atoms with Crippen molar-refractivity contribution in [3.63, 3.8) is 0 Å². The quantitative estimate of drug-likeness (QED) is 0.896. The largest absolute Gasteiger partial charge is 0.481 e. The molecule has 0 amide bonds. The first-order valence-corrected chi connectivity index (χ1v) is 6.54. The lowest BCUT2D eigenvalue weighted by Gasteiger charge is -2.26. The molecular weight excluding hydrogens is 283 g/mol. The molecule has 1 aromatic rings. The van der Waals surface area contributed by atoms with Crippen LogP contribution in [0.4, 0.5) is 18.3 Å². The zero-order valence-corrected chi connectivity index (χ0v) is 10.6. The highest BCUT2D eigenvalue weighted by Gasteiger charge is 2.36. The second-order valence-electron chi connectivity index (χ2n) is 4.45. The van der Waals surface area contributed by atoms with Gasteiger partial charge in [0, 0.05) is 17.6 Å². The van der Waals surface area contributed by atoms with Crippen LogP contribution in [-0.4, -0.2) is 26.5 Å². The first kappa shape index (κ1) is 14.0. The van der Waals surface area contributed by atoms with Crippen molar-refractivity contribution in [1.82, 2.24) is 9.36 Å². The molecule has 1 heterocycles. The van der Waals surface area contributed by atoms with Gasteiger partial charge >= 0.3 is 12.1 Å². The molecule has 2 N–H and O–H groups in total. The summed E-state index contributed by atoms with van der Waals surface area (Å²) in [5.41, 5.74) is 0. The molecule has 19 heavy (non-hydrogen) atoms. The number of hydrogen-bond donors (Lipinski definition) is 2. The Bertz CT molecular complexity index is 455. The Labute approximate surface area is 111 Å². The van der Waals surface area contributed by atoms with Gasteiger partial charge < -0.3 is 10.4 Å². The zero-order chi connectivity index (χ0) is 14.0. The molecule has 1 fully saturated rings. The third-order valence-electron chi connectivity index (χ3n) is 3.08. The second kappa shape index (κ2) is 5.32. The van der Waals surface area contributed by atoms with Crippen molar-refractivity contribution in [2.24, 2.45) is 5.92 Å². The number of anilines is 1. The van der Waals surface area contributed by atoms with Crippen LogP contribution < -0.4 is 5.32 Å². The van der Waals surface area contributed by atoms with Gasteiger partial charge in [0.2, 0.25) is 11.0 Å². The Morgan fingerprint density at radius 1 is 1.32 bits per heavy atom. The van der Waals surface area contributed by atoms with E-state index in [1.54, 1.807) is 0 Å². The molecule has 0 bridgehead atoms. The van der Waals surface area contributed by atoms with Crippen LogP contribution in [0, 0.1) is 5.92 Å². The number of carbonyl (C=O) groups is 1. The van der Waals surface area contributed by atoms with E-state index in [0.29, 0.717) is 37.2 Å². The Kier molecular flexibility index (Phi) is 3.93. The summed E-state index contributed by atoms with van der Waals surface area (Å²) in [6.07, 6.45) is -2.26. The molecule has 9 heteroatoms. The van der Waals surface area contributed by atoms with E-state index in [4.69, 9.17) is 5.11 Å². The first-order chi connectivity index (χ1) is 8.86. The SMILES string of the molecule is O=C(O)C1CCC(Nc2nc(C(F)(F)F)ns2)CC1. The maximum Gasteiger partial charge on any atom is 0.452 e. The summed E-state index contributed by atoms with van der Waals surface area (Å²) in [5, 5.41) is 11.9. The van der Waals surface area contributed by atoms with E-state index in [2.05, 4.69) is 14.7 Å². The number of aliphatic carboxylic acids is 1. The molecule has 1 saturated carbocycles. The van der Waals surface area contributed by atoms with E-state index in [-0.39, 0.29) is 17.1 Å². The van der Waals surface area contributed by atoms with Gasteiger partial charge in [-0.1, -0.05) is 0 Å². The molecule has 0 saturated heterocycles. The lowest BCUT2D eigenvalue weighted by molar-refractivity contribution is -0.144. The van der Waals surface area contributed by atoms with Gasteiger partial charge in [-0.05, 0) is 25.7 Å². The molecular formula is C10H12F3N3O2S. The maximum absolute atomic E-state index is 12.3. The Balaban J connectivity index is 1.89. The van der Waals surface area contributed by atoms with E-state index in [1.807, 2.05) is 0 Å². The minimum atomic E-state index is -4.53. The Hall–Kier alpha value is -1.38. The highest BCUT2D eigenvalue weighted by Crippen LogP contribution is 2.31. The highest BCUT2D eigenvalue weighted by molar-refractivity contribution is 7.09. The van der Waals surface area contributed by atoms with Gasteiger partial charge in [-0.25, -0.2) is 0 Å². The first-order valence-electron chi connectivity index (χ1n) is 5.76. The number of halogens is 3. The van der Waals surface area contributed by atoms with Crippen LogP contribution in [0.1, 0.15) is 31.5 Å². The van der Waals surface area contributed by atoms with Gasteiger partial charge in [-0.2, -0.15) is 22.5 Å². The smallest absolute Gasteiger partial charge is 0.452 e. The summed E-state index contributed by atoms with van der Waals surface area (Å²) in [7, 11) is 0. The fraction of sp³-hybridized carbons (Fsp3) is 0.700. The lowest BCUT2D eigenvalue weighted by atomic mass is 9.86. The van der Waals surface area contributed by atoms with Crippen LogP contribution >= 0.6 is 11.5 Å². The summed E-state index contributed by atoms with van der Waals surface area (Å²) >= 11 is 0.669. The number of hydrogen-bond acceptors (Lipinski definition) is 5. The zero-order valence-electron chi connectivity index (χ0n) is 9.78. The molecule has 1 aromatic heterocycles. The highest BCUT2D eigenvalue weighted by atomic mass is 32.1. The molecule has 0 radical (unpaired) electrons. The monoisotopic (exact) mass is 295 g/mol. The number of aromatic nitrogens is 2. The minimum Gasteiger partial charge on any atom is -0.481 e. The van der Waals surface area contributed by atoms with Crippen molar-refractivity contribution in [3.8, 4) is 0 Å². The van der Waals surface area contributed by atoms with E-state index in [9.17, 15) is 18.0 Å². The number of carboxylic acid groups (broad SMARTS) is 1. The van der Waals surface area contributed by atoms with Gasteiger partial charge in [-0.3, -0.25) is 4.79 Å². The predicted molar refractivity (Wildman–Crippen MR) is 61.9 cm³/mol. The average molecular weight is 295 g/mol. The third kappa shape index (κ3) is 3.55. The van der Waals surface area contributed by atoms with Gasteiger partial charge in [0.1, 0.15) is 0 Å².